The minimum Gasteiger partial charge on any atom is -0.380 e. The van der Waals surface area contributed by atoms with E-state index in [2.05, 4.69) is 27.8 Å². The number of carbonyl (C=O) groups excluding carboxylic acids is 1. The predicted molar refractivity (Wildman–Crippen MR) is 109 cm³/mol. The molecule has 1 aliphatic carbocycles. The Morgan fingerprint density at radius 1 is 1.15 bits per heavy atom. The first-order chi connectivity index (χ1) is 13.3. The number of ether oxygens (including phenoxy) is 1. The van der Waals surface area contributed by atoms with Crippen molar-refractivity contribution in [1.82, 2.24) is 4.57 Å². The Labute approximate surface area is 163 Å². The Morgan fingerprint density at radius 2 is 1.96 bits per heavy atom. The predicted octanol–water partition coefficient (Wildman–Crippen LogP) is 4.36. The number of aromatic nitrogens is 1. The average molecular weight is 381 g/mol. The van der Waals surface area contributed by atoms with Crippen LogP contribution in [0.1, 0.15) is 41.3 Å². The molecule has 3 aromatic rings. The van der Waals surface area contributed by atoms with Gasteiger partial charge in [0, 0.05) is 18.7 Å². The first kappa shape index (κ1) is 18.1. The highest BCUT2D eigenvalue weighted by Gasteiger charge is 2.13. The second-order valence-corrected chi connectivity index (χ2v) is 7.82. The van der Waals surface area contributed by atoms with E-state index in [4.69, 9.17) is 4.74 Å². The maximum Gasteiger partial charge on any atom is 0.279 e. The van der Waals surface area contributed by atoms with E-state index in [0.29, 0.717) is 25.3 Å². The van der Waals surface area contributed by atoms with Gasteiger partial charge in [-0.1, -0.05) is 29.5 Å². The lowest BCUT2D eigenvalue weighted by atomic mass is 9.90. The number of benzene rings is 2. The number of carbonyl (C=O) groups is 1. The van der Waals surface area contributed by atoms with Crippen LogP contribution in [0.15, 0.2) is 47.5 Å². The molecule has 0 saturated carbocycles. The van der Waals surface area contributed by atoms with E-state index in [1.54, 1.807) is 11.3 Å². The van der Waals surface area contributed by atoms with E-state index < -0.39 is 0 Å². The highest BCUT2D eigenvalue weighted by molar-refractivity contribution is 7.16. The van der Waals surface area contributed by atoms with Crippen molar-refractivity contribution < 1.29 is 9.53 Å². The van der Waals surface area contributed by atoms with Crippen molar-refractivity contribution in [3.05, 3.63) is 64.0 Å². The molecule has 4 rings (SSSR count). The van der Waals surface area contributed by atoms with Gasteiger partial charge < -0.3 is 9.30 Å². The SMILES string of the molecule is CCOCCn1c(=NC(=O)c2ccc3c(c2)CCCC3)sc2ccccc21. The first-order valence-electron chi connectivity index (χ1n) is 9.63. The molecule has 27 heavy (non-hydrogen) atoms. The summed E-state index contributed by atoms with van der Waals surface area (Å²) in [6, 6.07) is 14.2. The normalized spacial score (nSPS) is 14.5. The number of amides is 1. The first-order valence-corrected chi connectivity index (χ1v) is 10.4. The second kappa shape index (κ2) is 8.19. The maximum absolute atomic E-state index is 12.9. The van der Waals surface area contributed by atoms with E-state index in [-0.39, 0.29) is 5.91 Å². The molecule has 0 fully saturated rings. The standard InChI is InChI=1S/C22H24N2O2S/c1-2-26-14-13-24-19-9-5-6-10-20(19)27-22(24)23-21(25)18-12-11-16-7-3-4-8-17(16)15-18/h5-6,9-12,15H,2-4,7-8,13-14H2,1H3. The number of para-hydroxylation sites is 1. The Hall–Kier alpha value is -2.24. The number of hydrogen-bond donors (Lipinski definition) is 0. The van der Waals surface area contributed by atoms with Gasteiger partial charge in [0.2, 0.25) is 0 Å². The molecule has 140 valence electrons. The van der Waals surface area contributed by atoms with Gasteiger partial charge in [0.15, 0.2) is 4.80 Å². The monoisotopic (exact) mass is 380 g/mol. The van der Waals surface area contributed by atoms with Gasteiger partial charge in [-0.05, 0) is 68.0 Å². The van der Waals surface area contributed by atoms with Crippen molar-refractivity contribution in [1.29, 1.82) is 0 Å². The van der Waals surface area contributed by atoms with Crippen LogP contribution >= 0.6 is 11.3 Å². The Balaban J connectivity index is 1.71. The van der Waals surface area contributed by atoms with E-state index in [1.807, 2.05) is 31.2 Å². The number of thiazole rings is 1. The zero-order chi connectivity index (χ0) is 18.6. The van der Waals surface area contributed by atoms with Crippen molar-refractivity contribution in [2.75, 3.05) is 13.2 Å². The van der Waals surface area contributed by atoms with Crippen LogP contribution < -0.4 is 4.80 Å². The summed E-state index contributed by atoms with van der Waals surface area (Å²) in [6.07, 6.45) is 4.63. The van der Waals surface area contributed by atoms with Gasteiger partial charge in [-0.2, -0.15) is 4.99 Å². The van der Waals surface area contributed by atoms with E-state index in [9.17, 15) is 4.79 Å². The van der Waals surface area contributed by atoms with E-state index in [1.165, 1.54) is 24.0 Å². The summed E-state index contributed by atoms with van der Waals surface area (Å²) in [5.41, 5.74) is 4.47. The van der Waals surface area contributed by atoms with Crippen LogP contribution in [0, 0.1) is 0 Å². The van der Waals surface area contributed by atoms with E-state index in [0.717, 1.165) is 27.9 Å². The summed E-state index contributed by atoms with van der Waals surface area (Å²) in [5.74, 6) is -0.167. The Bertz CT molecular complexity index is 1030. The highest BCUT2D eigenvalue weighted by Crippen LogP contribution is 2.23. The molecule has 0 spiro atoms. The summed E-state index contributed by atoms with van der Waals surface area (Å²) in [7, 11) is 0. The molecule has 0 atom stereocenters. The molecule has 0 N–H and O–H groups in total. The Morgan fingerprint density at radius 3 is 2.81 bits per heavy atom. The van der Waals surface area contributed by atoms with Crippen molar-refractivity contribution in [3.8, 4) is 0 Å². The lowest BCUT2D eigenvalue weighted by Gasteiger charge is -2.15. The van der Waals surface area contributed by atoms with E-state index >= 15 is 0 Å². The molecule has 0 radical (unpaired) electrons. The lowest BCUT2D eigenvalue weighted by molar-refractivity contribution is 0.0996. The van der Waals surface area contributed by atoms with Crippen LogP contribution in [0.25, 0.3) is 10.2 Å². The summed E-state index contributed by atoms with van der Waals surface area (Å²) in [6.45, 7) is 3.97. The molecule has 0 unspecified atom stereocenters. The van der Waals surface area contributed by atoms with Crippen LogP contribution in [0.5, 0.6) is 0 Å². The van der Waals surface area contributed by atoms with Crippen molar-refractivity contribution in [2.45, 2.75) is 39.2 Å². The van der Waals surface area contributed by atoms with Gasteiger partial charge in [0.05, 0.1) is 16.8 Å². The maximum atomic E-state index is 12.9. The minimum atomic E-state index is -0.167. The molecule has 0 bridgehead atoms. The van der Waals surface area contributed by atoms with Crippen molar-refractivity contribution >= 4 is 27.5 Å². The van der Waals surface area contributed by atoms with Gasteiger partial charge in [0.25, 0.3) is 5.91 Å². The minimum absolute atomic E-state index is 0.167. The topological polar surface area (TPSA) is 43.6 Å². The largest absolute Gasteiger partial charge is 0.380 e. The molecule has 1 amide bonds. The van der Waals surface area contributed by atoms with Gasteiger partial charge >= 0.3 is 0 Å². The van der Waals surface area contributed by atoms with Gasteiger partial charge in [-0.3, -0.25) is 4.79 Å². The molecule has 1 heterocycles. The van der Waals surface area contributed by atoms with Gasteiger partial charge in [-0.15, -0.1) is 0 Å². The zero-order valence-electron chi connectivity index (χ0n) is 15.6. The Kier molecular flexibility index (Phi) is 5.50. The van der Waals surface area contributed by atoms with Gasteiger partial charge in [0.1, 0.15) is 0 Å². The summed E-state index contributed by atoms with van der Waals surface area (Å²) in [5, 5.41) is 0. The fourth-order valence-corrected chi connectivity index (χ4v) is 4.69. The number of fused-ring (bicyclic) bond motifs is 2. The van der Waals surface area contributed by atoms with Crippen LogP contribution in [-0.2, 0) is 24.1 Å². The third-order valence-corrected chi connectivity index (χ3v) is 6.10. The molecule has 1 aromatic heterocycles. The second-order valence-electron chi connectivity index (χ2n) is 6.81. The number of nitrogens with zero attached hydrogens (tertiary/aromatic N) is 2. The summed E-state index contributed by atoms with van der Waals surface area (Å²) >= 11 is 1.55. The molecule has 2 aromatic carbocycles. The number of rotatable bonds is 5. The average Bonchev–Trinajstić information content (AvgIpc) is 3.05. The molecule has 5 heteroatoms. The summed E-state index contributed by atoms with van der Waals surface area (Å²) in [4.78, 5) is 18.1. The fraction of sp³-hybridized carbons (Fsp3) is 0.364. The summed E-state index contributed by atoms with van der Waals surface area (Å²) < 4.78 is 8.74. The lowest BCUT2D eigenvalue weighted by Crippen LogP contribution is -2.20. The molecular weight excluding hydrogens is 356 g/mol. The zero-order valence-corrected chi connectivity index (χ0v) is 16.4. The van der Waals surface area contributed by atoms with Crippen molar-refractivity contribution in [2.24, 2.45) is 4.99 Å². The fourth-order valence-electron chi connectivity index (χ4n) is 3.64. The molecule has 1 aliphatic rings. The molecule has 0 saturated heterocycles. The number of aryl methyl sites for hydroxylation is 2. The highest BCUT2D eigenvalue weighted by atomic mass is 32.1. The molecular formula is C22H24N2O2S. The van der Waals surface area contributed by atoms with Crippen LogP contribution in [0.2, 0.25) is 0 Å². The van der Waals surface area contributed by atoms with Crippen LogP contribution in [0.3, 0.4) is 0 Å². The van der Waals surface area contributed by atoms with Crippen LogP contribution in [-0.4, -0.2) is 23.7 Å². The third-order valence-electron chi connectivity index (χ3n) is 5.04. The van der Waals surface area contributed by atoms with Crippen LogP contribution in [0.4, 0.5) is 0 Å². The number of hydrogen-bond acceptors (Lipinski definition) is 3. The van der Waals surface area contributed by atoms with Crippen molar-refractivity contribution in [3.63, 3.8) is 0 Å². The smallest absolute Gasteiger partial charge is 0.279 e. The molecule has 4 nitrogen and oxygen atoms in total. The van der Waals surface area contributed by atoms with Gasteiger partial charge in [-0.25, -0.2) is 0 Å². The quantitative estimate of drug-likeness (QED) is 0.617. The molecule has 0 aliphatic heterocycles. The third kappa shape index (κ3) is 3.89.